The van der Waals surface area contributed by atoms with E-state index in [9.17, 15) is 4.79 Å². The first-order valence-electron chi connectivity index (χ1n) is 9.92. The molecule has 6 heteroatoms. The van der Waals surface area contributed by atoms with Gasteiger partial charge in [0.1, 0.15) is 12.1 Å². The van der Waals surface area contributed by atoms with Gasteiger partial charge in [0.25, 0.3) is 0 Å². The molecule has 2 fully saturated rings. The largest absolute Gasteiger partial charge is 0.334 e. The molecular weight excluding hydrogens is 326 g/mol. The molecule has 1 aromatic heterocycles. The molecule has 1 spiro atoms. The number of fused-ring (bicyclic) bond motifs is 1. The SMILES string of the molecule is CCN(C)[C@H]1CN(C(=O)Cn2nnc3ccccc32)C2(CCCCC2)C1. The van der Waals surface area contributed by atoms with Gasteiger partial charge in [-0.2, -0.15) is 0 Å². The number of nitrogens with zero attached hydrogens (tertiary/aromatic N) is 5. The molecule has 26 heavy (non-hydrogen) atoms. The third-order valence-electron chi connectivity index (χ3n) is 6.49. The van der Waals surface area contributed by atoms with Crippen LogP contribution in [0.2, 0.25) is 0 Å². The van der Waals surface area contributed by atoms with E-state index in [-0.39, 0.29) is 18.0 Å². The van der Waals surface area contributed by atoms with E-state index < -0.39 is 0 Å². The van der Waals surface area contributed by atoms with Crippen molar-refractivity contribution in [3.05, 3.63) is 24.3 Å². The molecule has 140 valence electrons. The van der Waals surface area contributed by atoms with Gasteiger partial charge < -0.3 is 9.80 Å². The first-order chi connectivity index (χ1) is 12.6. The smallest absolute Gasteiger partial charge is 0.244 e. The number of amides is 1. The van der Waals surface area contributed by atoms with E-state index >= 15 is 0 Å². The quantitative estimate of drug-likeness (QED) is 0.846. The molecule has 1 saturated carbocycles. The van der Waals surface area contributed by atoms with Crippen LogP contribution in [0.4, 0.5) is 0 Å². The van der Waals surface area contributed by atoms with Gasteiger partial charge in [0.15, 0.2) is 0 Å². The summed E-state index contributed by atoms with van der Waals surface area (Å²) in [4.78, 5) is 17.9. The minimum atomic E-state index is 0.0554. The molecule has 1 amide bonds. The topological polar surface area (TPSA) is 54.3 Å². The van der Waals surface area contributed by atoms with Crippen LogP contribution >= 0.6 is 0 Å². The second kappa shape index (κ2) is 6.99. The van der Waals surface area contributed by atoms with Gasteiger partial charge in [-0.25, -0.2) is 4.68 Å². The van der Waals surface area contributed by atoms with Gasteiger partial charge in [-0.1, -0.05) is 43.5 Å². The maximum Gasteiger partial charge on any atom is 0.244 e. The summed E-state index contributed by atoms with van der Waals surface area (Å²) in [6.45, 7) is 4.34. The summed E-state index contributed by atoms with van der Waals surface area (Å²) < 4.78 is 1.76. The van der Waals surface area contributed by atoms with Crippen LogP contribution in [0, 0.1) is 0 Å². The minimum Gasteiger partial charge on any atom is -0.334 e. The van der Waals surface area contributed by atoms with Crippen LogP contribution in [-0.2, 0) is 11.3 Å². The molecular formula is C20H29N5O. The number of benzene rings is 1. The molecule has 2 heterocycles. The van der Waals surface area contributed by atoms with Crippen molar-refractivity contribution in [1.29, 1.82) is 0 Å². The van der Waals surface area contributed by atoms with Crippen molar-refractivity contribution in [1.82, 2.24) is 24.8 Å². The minimum absolute atomic E-state index is 0.0554. The third kappa shape index (κ3) is 3.00. The highest BCUT2D eigenvalue weighted by atomic mass is 16.2. The molecule has 1 aliphatic heterocycles. The molecule has 0 unspecified atom stereocenters. The molecule has 2 aliphatic rings. The fourth-order valence-corrected chi connectivity index (χ4v) is 4.87. The molecule has 0 radical (unpaired) electrons. The van der Waals surface area contributed by atoms with E-state index in [0.29, 0.717) is 6.04 Å². The van der Waals surface area contributed by atoms with Crippen molar-refractivity contribution < 1.29 is 4.79 Å². The summed E-state index contributed by atoms with van der Waals surface area (Å²) in [7, 11) is 2.18. The van der Waals surface area contributed by atoms with E-state index in [2.05, 4.69) is 34.1 Å². The molecule has 0 bridgehead atoms. The first-order valence-corrected chi connectivity index (χ1v) is 9.92. The van der Waals surface area contributed by atoms with E-state index in [1.54, 1.807) is 4.68 Å². The van der Waals surface area contributed by atoms with Crippen molar-refractivity contribution in [2.24, 2.45) is 0 Å². The summed E-state index contributed by atoms with van der Waals surface area (Å²) in [5.74, 6) is 0.189. The molecule has 4 rings (SSSR count). The van der Waals surface area contributed by atoms with Gasteiger partial charge in [0, 0.05) is 18.1 Å². The average Bonchev–Trinajstić information content (AvgIpc) is 3.24. The third-order valence-corrected chi connectivity index (χ3v) is 6.49. The second-order valence-electron chi connectivity index (χ2n) is 7.96. The Balaban J connectivity index is 1.58. The van der Waals surface area contributed by atoms with Crippen molar-refractivity contribution >= 4 is 16.9 Å². The average molecular weight is 355 g/mol. The van der Waals surface area contributed by atoms with Crippen molar-refractivity contribution in [3.63, 3.8) is 0 Å². The van der Waals surface area contributed by atoms with Gasteiger partial charge in [-0.3, -0.25) is 4.79 Å². The zero-order chi connectivity index (χ0) is 18.1. The number of carbonyl (C=O) groups excluding carboxylic acids is 1. The Bertz CT molecular complexity index is 779. The van der Waals surface area contributed by atoms with E-state index in [4.69, 9.17) is 0 Å². The van der Waals surface area contributed by atoms with Crippen LogP contribution in [0.3, 0.4) is 0 Å². The Morgan fingerprint density at radius 2 is 2.04 bits per heavy atom. The molecule has 0 N–H and O–H groups in total. The first kappa shape index (κ1) is 17.5. The predicted molar refractivity (Wildman–Crippen MR) is 102 cm³/mol. The predicted octanol–water partition coefficient (Wildman–Crippen LogP) is 2.69. The maximum atomic E-state index is 13.3. The Morgan fingerprint density at radius 3 is 2.81 bits per heavy atom. The summed E-state index contributed by atoms with van der Waals surface area (Å²) in [6, 6.07) is 8.31. The number of rotatable bonds is 4. The van der Waals surface area contributed by atoms with E-state index in [1.165, 1.54) is 19.3 Å². The number of hydrogen-bond donors (Lipinski definition) is 0. The molecule has 1 aromatic carbocycles. The zero-order valence-electron chi connectivity index (χ0n) is 15.9. The van der Waals surface area contributed by atoms with Crippen molar-refractivity contribution in [2.75, 3.05) is 20.1 Å². The molecule has 6 nitrogen and oxygen atoms in total. The van der Waals surface area contributed by atoms with Gasteiger partial charge in [-0.15, -0.1) is 5.10 Å². The van der Waals surface area contributed by atoms with Crippen LogP contribution in [0.1, 0.15) is 45.4 Å². The standard InChI is InChI=1S/C20H29N5O/c1-3-23(2)16-13-20(11-7-4-8-12-20)24(14-16)19(26)15-25-18-10-6-5-9-17(18)21-22-25/h5-6,9-10,16H,3-4,7-8,11-15H2,1-2H3/t16-/m1/s1. The summed E-state index contributed by atoms with van der Waals surface area (Å²) in [5.41, 5.74) is 1.83. The number of likely N-dealkylation sites (N-methyl/N-ethyl adjacent to an activating group) is 1. The van der Waals surface area contributed by atoms with Crippen molar-refractivity contribution in [2.45, 2.75) is 63.6 Å². The molecule has 2 aromatic rings. The number of hydrogen-bond acceptors (Lipinski definition) is 4. The lowest BCUT2D eigenvalue weighted by atomic mass is 9.79. The van der Waals surface area contributed by atoms with Crippen LogP contribution in [0.15, 0.2) is 24.3 Å². The zero-order valence-corrected chi connectivity index (χ0v) is 15.9. The van der Waals surface area contributed by atoms with Gasteiger partial charge in [0.2, 0.25) is 5.91 Å². The summed E-state index contributed by atoms with van der Waals surface area (Å²) in [5, 5.41) is 8.41. The number of para-hydroxylation sites is 1. The fourth-order valence-electron chi connectivity index (χ4n) is 4.87. The number of aromatic nitrogens is 3. The highest BCUT2D eigenvalue weighted by Gasteiger charge is 2.48. The van der Waals surface area contributed by atoms with Gasteiger partial charge in [-0.05, 0) is 45.0 Å². The molecule has 1 atom stereocenters. The Morgan fingerprint density at radius 1 is 1.27 bits per heavy atom. The highest BCUT2D eigenvalue weighted by Crippen LogP contribution is 2.43. The number of likely N-dealkylation sites (tertiary alicyclic amines) is 1. The lowest BCUT2D eigenvalue weighted by Crippen LogP contribution is -2.49. The Kier molecular flexibility index (Phi) is 4.69. The van der Waals surface area contributed by atoms with Crippen LogP contribution in [0.5, 0.6) is 0 Å². The maximum absolute atomic E-state index is 13.3. The monoisotopic (exact) mass is 355 g/mol. The van der Waals surface area contributed by atoms with E-state index in [0.717, 1.165) is 43.4 Å². The van der Waals surface area contributed by atoms with Crippen LogP contribution in [0.25, 0.3) is 11.0 Å². The Labute approximate surface area is 155 Å². The summed E-state index contributed by atoms with van der Waals surface area (Å²) in [6.07, 6.45) is 7.17. The second-order valence-corrected chi connectivity index (χ2v) is 7.96. The fraction of sp³-hybridized carbons (Fsp3) is 0.650. The molecule has 1 saturated heterocycles. The Hall–Kier alpha value is -1.95. The van der Waals surface area contributed by atoms with Crippen molar-refractivity contribution in [3.8, 4) is 0 Å². The van der Waals surface area contributed by atoms with Crippen LogP contribution in [-0.4, -0.2) is 62.4 Å². The highest BCUT2D eigenvalue weighted by molar-refractivity contribution is 5.80. The summed E-state index contributed by atoms with van der Waals surface area (Å²) >= 11 is 0. The van der Waals surface area contributed by atoms with Gasteiger partial charge in [0.05, 0.1) is 5.52 Å². The normalized spacial score (nSPS) is 22.6. The lowest BCUT2D eigenvalue weighted by Gasteiger charge is -2.41. The van der Waals surface area contributed by atoms with E-state index in [1.807, 2.05) is 24.3 Å². The number of carbonyl (C=O) groups is 1. The van der Waals surface area contributed by atoms with Crippen LogP contribution < -0.4 is 0 Å². The molecule has 1 aliphatic carbocycles. The lowest BCUT2D eigenvalue weighted by molar-refractivity contribution is -0.137. The van der Waals surface area contributed by atoms with Gasteiger partial charge >= 0.3 is 0 Å².